The summed E-state index contributed by atoms with van der Waals surface area (Å²) in [6, 6.07) is 13.3. The first-order valence-corrected chi connectivity index (χ1v) is 10.1. The van der Waals surface area contributed by atoms with Gasteiger partial charge < -0.3 is 9.64 Å². The number of ether oxygens (including phenoxy) is 1. The zero-order valence-electron chi connectivity index (χ0n) is 16.1. The third-order valence-corrected chi connectivity index (χ3v) is 5.91. The molecule has 0 N–H and O–H groups in total. The Morgan fingerprint density at radius 1 is 1.15 bits per heavy atom. The second kappa shape index (κ2) is 7.62. The van der Waals surface area contributed by atoms with Gasteiger partial charge in [-0.05, 0) is 91.6 Å². The lowest BCUT2D eigenvalue weighted by molar-refractivity contribution is 0.0433. The van der Waals surface area contributed by atoms with Gasteiger partial charge in [-0.25, -0.2) is 4.79 Å². The molecule has 2 aromatic carbocycles. The Labute approximate surface area is 174 Å². The molecule has 0 aliphatic heterocycles. The molecule has 0 fully saturated rings. The van der Waals surface area contributed by atoms with Crippen molar-refractivity contribution in [3.8, 4) is 0 Å². The van der Waals surface area contributed by atoms with Gasteiger partial charge in [0.25, 0.3) is 5.91 Å². The lowest BCUT2D eigenvalue weighted by Gasteiger charge is -2.41. The number of carbonyl (C=O) groups excluding carboxylic acids is 2. The SMILES string of the molecule is COC(=O)c1ccc2c(c1)C(N(C(=O)c1ccccc1I)C(C)(C)C)CC2. The van der Waals surface area contributed by atoms with Crippen molar-refractivity contribution in [3.63, 3.8) is 0 Å². The lowest BCUT2D eigenvalue weighted by atomic mass is 9.96. The highest BCUT2D eigenvalue weighted by molar-refractivity contribution is 14.1. The Hall–Kier alpha value is -1.89. The summed E-state index contributed by atoms with van der Waals surface area (Å²) in [5, 5.41) is 0. The number of benzene rings is 2. The summed E-state index contributed by atoms with van der Waals surface area (Å²) >= 11 is 2.21. The van der Waals surface area contributed by atoms with E-state index < -0.39 is 0 Å². The number of carbonyl (C=O) groups is 2. The van der Waals surface area contributed by atoms with Crippen LogP contribution in [0.4, 0.5) is 0 Å². The van der Waals surface area contributed by atoms with Crippen LogP contribution in [0.25, 0.3) is 0 Å². The average molecular weight is 477 g/mol. The van der Waals surface area contributed by atoms with E-state index in [-0.39, 0.29) is 23.5 Å². The first-order chi connectivity index (χ1) is 12.7. The summed E-state index contributed by atoms with van der Waals surface area (Å²) in [6.45, 7) is 6.18. The summed E-state index contributed by atoms with van der Waals surface area (Å²) in [4.78, 5) is 27.5. The van der Waals surface area contributed by atoms with Crippen LogP contribution in [0.2, 0.25) is 0 Å². The molecule has 1 atom stereocenters. The maximum atomic E-state index is 13.5. The standard InChI is InChI=1S/C22H24INO3/c1-22(2,3)24(20(25)16-7-5-6-8-18(16)23)19-12-11-14-9-10-15(13-17(14)19)21(26)27-4/h5-10,13,19H,11-12H2,1-4H3. The third kappa shape index (κ3) is 3.88. The second-order valence-electron chi connectivity index (χ2n) is 7.79. The molecule has 5 heteroatoms. The van der Waals surface area contributed by atoms with E-state index in [1.54, 1.807) is 6.07 Å². The molecule has 0 bridgehead atoms. The van der Waals surface area contributed by atoms with Gasteiger partial charge in [0.1, 0.15) is 0 Å². The van der Waals surface area contributed by atoms with E-state index in [0.29, 0.717) is 11.1 Å². The molecule has 1 aliphatic carbocycles. The van der Waals surface area contributed by atoms with Crippen LogP contribution < -0.4 is 0 Å². The van der Waals surface area contributed by atoms with Crippen LogP contribution in [0.15, 0.2) is 42.5 Å². The molecule has 0 saturated heterocycles. The Morgan fingerprint density at radius 2 is 1.85 bits per heavy atom. The van der Waals surface area contributed by atoms with E-state index in [9.17, 15) is 9.59 Å². The number of aryl methyl sites for hydroxylation is 1. The van der Waals surface area contributed by atoms with Gasteiger partial charge in [0.2, 0.25) is 0 Å². The number of methoxy groups -OCH3 is 1. The minimum atomic E-state index is -0.358. The monoisotopic (exact) mass is 477 g/mol. The predicted molar refractivity (Wildman–Crippen MR) is 114 cm³/mol. The van der Waals surface area contributed by atoms with Crippen LogP contribution in [-0.2, 0) is 11.2 Å². The molecule has 27 heavy (non-hydrogen) atoms. The summed E-state index contributed by atoms with van der Waals surface area (Å²) in [6.07, 6.45) is 1.75. The molecular weight excluding hydrogens is 453 g/mol. The predicted octanol–water partition coefficient (Wildman–Crippen LogP) is 5.01. The quantitative estimate of drug-likeness (QED) is 0.462. The lowest BCUT2D eigenvalue weighted by Crippen LogP contribution is -2.47. The van der Waals surface area contributed by atoms with Crippen molar-refractivity contribution in [1.82, 2.24) is 4.90 Å². The fourth-order valence-corrected chi connectivity index (χ4v) is 4.39. The summed E-state index contributed by atoms with van der Waals surface area (Å²) in [5.41, 5.74) is 3.12. The Bertz CT molecular complexity index is 885. The smallest absolute Gasteiger partial charge is 0.337 e. The Kier molecular flexibility index (Phi) is 5.60. The highest BCUT2D eigenvalue weighted by Gasteiger charge is 2.38. The number of hydrogen-bond acceptors (Lipinski definition) is 3. The van der Waals surface area contributed by atoms with Gasteiger partial charge in [0.15, 0.2) is 0 Å². The van der Waals surface area contributed by atoms with Crippen molar-refractivity contribution in [2.75, 3.05) is 7.11 Å². The topological polar surface area (TPSA) is 46.6 Å². The van der Waals surface area contributed by atoms with Gasteiger partial charge in [-0.3, -0.25) is 4.79 Å². The number of halogens is 1. The molecule has 0 aromatic heterocycles. The molecule has 0 spiro atoms. The van der Waals surface area contributed by atoms with Gasteiger partial charge in [-0.15, -0.1) is 0 Å². The van der Waals surface area contributed by atoms with Crippen LogP contribution in [0, 0.1) is 3.57 Å². The van der Waals surface area contributed by atoms with Crippen LogP contribution >= 0.6 is 22.6 Å². The van der Waals surface area contributed by atoms with Crippen molar-refractivity contribution in [2.24, 2.45) is 0 Å². The van der Waals surface area contributed by atoms with Crippen molar-refractivity contribution in [1.29, 1.82) is 0 Å². The molecule has 4 nitrogen and oxygen atoms in total. The van der Waals surface area contributed by atoms with Crippen LogP contribution in [0.5, 0.6) is 0 Å². The zero-order chi connectivity index (χ0) is 19.8. The Morgan fingerprint density at radius 3 is 2.48 bits per heavy atom. The van der Waals surface area contributed by atoms with E-state index in [0.717, 1.165) is 22.0 Å². The zero-order valence-corrected chi connectivity index (χ0v) is 18.2. The van der Waals surface area contributed by atoms with E-state index in [2.05, 4.69) is 43.4 Å². The molecule has 2 aromatic rings. The van der Waals surface area contributed by atoms with Gasteiger partial charge >= 0.3 is 5.97 Å². The number of rotatable bonds is 3. The number of esters is 1. The number of fused-ring (bicyclic) bond motifs is 1. The maximum absolute atomic E-state index is 13.5. The van der Waals surface area contributed by atoms with Crippen molar-refractivity contribution < 1.29 is 14.3 Å². The van der Waals surface area contributed by atoms with Crippen LogP contribution in [0.1, 0.15) is 65.1 Å². The summed E-state index contributed by atoms with van der Waals surface area (Å²) in [7, 11) is 1.38. The second-order valence-corrected chi connectivity index (χ2v) is 8.95. The van der Waals surface area contributed by atoms with E-state index in [1.807, 2.05) is 41.3 Å². The van der Waals surface area contributed by atoms with Crippen LogP contribution in [0.3, 0.4) is 0 Å². The van der Waals surface area contributed by atoms with E-state index in [1.165, 1.54) is 12.7 Å². The van der Waals surface area contributed by atoms with Gasteiger partial charge in [0, 0.05) is 9.11 Å². The minimum Gasteiger partial charge on any atom is -0.465 e. The molecule has 3 rings (SSSR count). The average Bonchev–Trinajstić information content (AvgIpc) is 3.03. The summed E-state index contributed by atoms with van der Waals surface area (Å²) in [5.74, 6) is -0.330. The Balaban J connectivity index is 2.06. The van der Waals surface area contributed by atoms with Crippen molar-refractivity contribution in [3.05, 3.63) is 68.3 Å². The molecular formula is C22H24INO3. The molecule has 1 aliphatic rings. The highest BCUT2D eigenvalue weighted by atomic mass is 127. The maximum Gasteiger partial charge on any atom is 0.337 e. The fourth-order valence-electron chi connectivity index (χ4n) is 3.77. The van der Waals surface area contributed by atoms with Crippen molar-refractivity contribution in [2.45, 2.75) is 45.2 Å². The molecule has 0 heterocycles. The molecule has 0 radical (unpaired) electrons. The normalized spacial score (nSPS) is 16.0. The van der Waals surface area contributed by atoms with Gasteiger partial charge in [0.05, 0.1) is 24.3 Å². The largest absolute Gasteiger partial charge is 0.465 e. The molecule has 1 amide bonds. The first kappa shape index (κ1) is 19.9. The first-order valence-electron chi connectivity index (χ1n) is 9.03. The molecule has 1 unspecified atom stereocenters. The van der Waals surface area contributed by atoms with E-state index >= 15 is 0 Å². The number of amides is 1. The number of nitrogens with zero attached hydrogens (tertiary/aromatic N) is 1. The van der Waals surface area contributed by atoms with E-state index in [4.69, 9.17) is 4.74 Å². The third-order valence-electron chi connectivity index (χ3n) is 4.97. The van der Waals surface area contributed by atoms with Crippen molar-refractivity contribution >= 4 is 34.5 Å². The van der Waals surface area contributed by atoms with Gasteiger partial charge in [-0.1, -0.05) is 18.2 Å². The number of hydrogen-bond donors (Lipinski definition) is 0. The minimum absolute atomic E-state index is 0.0221. The van der Waals surface area contributed by atoms with Crippen LogP contribution in [-0.4, -0.2) is 29.4 Å². The molecule has 142 valence electrons. The van der Waals surface area contributed by atoms with Gasteiger partial charge in [-0.2, -0.15) is 0 Å². The summed E-state index contributed by atoms with van der Waals surface area (Å²) < 4.78 is 5.81. The molecule has 0 saturated carbocycles. The highest BCUT2D eigenvalue weighted by Crippen LogP contribution is 2.41. The fraction of sp³-hybridized carbons (Fsp3) is 0.364.